The smallest absolute Gasteiger partial charge is 0.303 e. The van der Waals surface area contributed by atoms with Crippen molar-refractivity contribution in [3.05, 3.63) is 24.3 Å². The molecule has 264 valence electrons. The molecule has 3 saturated carbocycles. The van der Waals surface area contributed by atoms with Crippen molar-refractivity contribution in [3.8, 4) is 0 Å². The van der Waals surface area contributed by atoms with Crippen molar-refractivity contribution < 1.29 is 44.5 Å². The molecule has 0 aromatic heterocycles. The first-order valence-corrected chi connectivity index (χ1v) is 17.3. The standard InChI is InChI=1S/C37H62O9/c1-21(2)23-12-18-35(7)26(34(23,6)17-14-27(38)39)20-25(46-32-31(42)30(41)29(40)22(3)45-32)28-24(13-19-36(28,35)8)37(9,43)16-11-15-33(4,5)44-10/h11,15,22-26,28-32,40-43H,1,12-14,16-20H2,2-10H3,(H,38,39)/t22-,23+,24+,25-,26-,28+,29-,30+,31-,32+,34+,35-,36-,37+/m1/s1. The van der Waals surface area contributed by atoms with Gasteiger partial charge >= 0.3 is 5.97 Å². The summed E-state index contributed by atoms with van der Waals surface area (Å²) in [5.41, 5.74) is -1.28. The number of aliphatic hydroxyl groups excluding tert-OH is 3. The normalized spacial score (nSPS) is 46.0. The Kier molecular flexibility index (Phi) is 10.7. The number of aliphatic hydroxyl groups is 4. The van der Waals surface area contributed by atoms with Crippen molar-refractivity contribution >= 4 is 5.97 Å². The Morgan fingerprint density at radius 1 is 1.04 bits per heavy atom. The minimum atomic E-state index is -1.45. The molecular formula is C37H62O9. The molecule has 1 aliphatic heterocycles. The maximum absolute atomic E-state index is 12.2. The summed E-state index contributed by atoms with van der Waals surface area (Å²) in [6.07, 6.45) is 2.65. The summed E-state index contributed by atoms with van der Waals surface area (Å²) in [5.74, 6) is -0.834. The fourth-order valence-electron chi connectivity index (χ4n) is 10.6. The Morgan fingerprint density at radius 2 is 1.67 bits per heavy atom. The van der Waals surface area contributed by atoms with E-state index in [-0.39, 0.29) is 46.3 Å². The Labute approximate surface area is 276 Å². The zero-order valence-electron chi connectivity index (χ0n) is 29.7. The number of fused-ring (bicyclic) bond motifs is 3. The zero-order chi connectivity index (χ0) is 34.6. The van der Waals surface area contributed by atoms with Crippen LogP contribution in [0.25, 0.3) is 0 Å². The first kappa shape index (κ1) is 37.5. The first-order chi connectivity index (χ1) is 21.1. The molecule has 9 heteroatoms. The van der Waals surface area contributed by atoms with Crippen molar-refractivity contribution in [2.45, 2.75) is 155 Å². The van der Waals surface area contributed by atoms with Crippen LogP contribution in [0.5, 0.6) is 0 Å². The molecule has 4 aliphatic rings. The van der Waals surface area contributed by atoms with Crippen LogP contribution in [0.4, 0.5) is 0 Å². The first-order valence-electron chi connectivity index (χ1n) is 17.3. The Hall–Kier alpha value is -1.33. The molecule has 3 aliphatic carbocycles. The van der Waals surface area contributed by atoms with E-state index < -0.39 is 54.0 Å². The Morgan fingerprint density at radius 3 is 2.26 bits per heavy atom. The minimum absolute atomic E-state index is 0.0616. The van der Waals surface area contributed by atoms with Gasteiger partial charge in [0.15, 0.2) is 6.29 Å². The second-order valence-corrected chi connectivity index (χ2v) is 16.8. The van der Waals surface area contributed by atoms with Gasteiger partial charge < -0.3 is 39.7 Å². The van der Waals surface area contributed by atoms with E-state index in [1.807, 2.05) is 32.9 Å². The van der Waals surface area contributed by atoms with Crippen molar-refractivity contribution in [3.63, 3.8) is 0 Å². The van der Waals surface area contributed by atoms with Crippen LogP contribution in [0.1, 0.15) is 107 Å². The highest BCUT2D eigenvalue weighted by atomic mass is 16.7. The number of hydrogen-bond acceptors (Lipinski definition) is 8. The number of aliphatic carboxylic acids is 1. The van der Waals surface area contributed by atoms with Gasteiger partial charge in [0.2, 0.25) is 0 Å². The highest BCUT2D eigenvalue weighted by molar-refractivity contribution is 5.66. The fourth-order valence-corrected chi connectivity index (χ4v) is 10.6. The van der Waals surface area contributed by atoms with E-state index in [9.17, 15) is 30.3 Å². The lowest BCUT2D eigenvalue weighted by Crippen LogP contribution is -2.65. The van der Waals surface area contributed by atoms with Gasteiger partial charge in [-0.3, -0.25) is 4.79 Å². The maximum Gasteiger partial charge on any atom is 0.303 e. The van der Waals surface area contributed by atoms with Crippen molar-refractivity contribution in [2.75, 3.05) is 7.11 Å². The molecule has 9 nitrogen and oxygen atoms in total. The van der Waals surface area contributed by atoms with Gasteiger partial charge in [0.05, 0.1) is 23.4 Å². The van der Waals surface area contributed by atoms with Crippen LogP contribution in [0.15, 0.2) is 24.3 Å². The molecular weight excluding hydrogens is 588 g/mol. The SMILES string of the molecule is C=C(C)[C@@H]1CC[C@]2(C)[C@H](C[C@@H](O[C@@H]3O[C@H](C)[C@@H](O)[C@H](O)[C@H]3O)[C@@H]3[C@@H]([C@@](C)(O)CC=CC(C)(C)OC)CC[C@]32C)[C@@]1(C)CCC(=O)O. The van der Waals surface area contributed by atoms with E-state index in [0.717, 1.165) is 31.3 Å². The number of allylic oxidation sites excluding steroid dienone is 1. The molecule has 1 heterocycles. The average Bonchev–Trinajstić information content (AvgIpc) is 3.35. The maximum atomic E-state index is 12.2. The molecule has 0 bridgehead atoms. The topological polar surface area (TPSA) is 146 Å². The molecule has 4 rings (SSSR count). The molecule has 46 heavy (non-hydrogen) atoms. The molecule has 5 N–H and O–H groups in total. The van der Waals surface area contributed by atoms with Crippen LogP contribution in [-0.2, 0) is 19.0 Å². The predicted molar refractivity (Wildman–Crippen MR) is 176 cm³/mol. The predicted octanol–water partition coefficient (Wildman–Crippen LogP) is 5.24. The van der Waals surface area contributed by atoms with E-state index in [4.69, 9.17) is 14.2 Å². The number of carboxylic acid groups (broad SMARTS) is 1. The van der Waals surface area contributed by atoms with E-state index in [0.29, 0.717) is 19.3 Å². The highest BCUT2D eigenvalue weighted by Crippen LogP contribution is 2.74. The summed E-state index contributed by atoms with van der Waals surface area (Å²) >= 11 is 0. The molecule has 0 spiro atoms. The second kappa shape index (κ2) is 13.2. The molecule has 0 aromatic rings. The molecule has 1 saturated heterocycles. The molecule has 0 aromatic carbocycles. The number of carbonyl (C=O) groups is 1. The lowest BCUT2D eigenvalue weighted by atomic mass is 9.37. The third-order valence-electron chi connectivity index (χ3n) is 13.6. The van der Waals surface area contributed by atoms with Crippen molar-refractivity contribution in [1.82, 2.24) is 0 Å². The molecule has 0 amide bonds. The summed E-state index contributed by atoms with van der Waals surface area (Å²) in [7, 11) is 1.66. The van der Waals surface area contributed by atoms with Gasteiger partial charge in [0.25, 0.3) is 0 Å². The minimum Gasteiger partial charge on any atom is -0.481 e. The van der Waals surface area contributed by atoms with Gasteiger partial charge in [-0.2, -0.15) is 0 Å². The van der Waals surface area contributed by atoms with E-state index in [1.165, 1.54) is 0 Å². The van der Waals surface area contributed by atoms with Crippen LogP contribution in [0.2, 0.25) is 0 Å². The number of ether oxygens (including phenoxy) is 3. The molecule has 14 atom stereocenters. The summed E-state index contributed by atoms with van der Waals surface area (Å²) in [4.78, 5) is 11.9. The van der Waals surface area contributed by atoms with Gasteiger partial charge in [0, 0.05) is 13.5 Å². The Bertz CT molecular complexity index is 1150. The average molecular weight is 651 g/mol. The zero-order valence-corrected chi connectivity index (χ0v) is 29.7. The van der Waals surface area contributed by atoms with Crippen LogP contribution in [-0.4, -0.2) is 86.6 Å². The van der Waals surface area contributed by atoms with E-state index >= 15 is 0 Å². The number of methoxy groups -OCH3 is 1. The third kappa shape index (κ3) is 6.51. The van der Waals surface area contributed by atoms with E-state index in [1.54, 1.807) is 14.0 Å². The number of rotatable bonds is 11. The largest absolute Gasteiger partial charge is 0.481 e. The summed E-state index contributed by atoms with van der Waals surface area (Å²) in [6, 6.07) is 0. The van der Waals surface area contributed by atoms with Gasteiger partial charge in [-0.25, -0.2) is 0 Å². The quantitative estimate of drug-likeness (QED) is 0.150. The summed E-state index contributed by atoms with van der Waals surface area (Å²) in [5, 5.41) is 54.1. The lowest BCUT2D eigenvalue weighted by Gasteiger charge is -2.68. The summed E-state index contributed by atoms with van der Waals surface area (Å²) < 4.78 is 18.3. The van der Waals surface area contributed by atoms with Gasteiger partial charge in [-0.15, -0.1) is 0 Å². The van der Waals surface area contributed by atoms with Gasteiger partial charge in [-0.1, -0.05) is 45.1 Å². The van der Waals surface area contributed by atoms with E-state index in [2.05, 4.69) is 34.3 Å². The second-order valence-electron chi connectivity index (χ2n) is 16.8. The number of carboxylic acids is 1. The van der Waals surface area contributed by atoms with Crippen LogP contribution in [0, 0.1) is 39.9 Å². The Balaban J connectivity index is 1.80. The molecule has 0 radical (unpaired) electrons. The summed E-state index contributed by atoms with van der Waals surface area (Å²) in [6.45, 7) is 20.8. The molecule has 0 unspecified atom stereocenters. The lowest BCUT2D eigenvalue weighted by molar-refractivity contribution is -0.327. The van der Waals surface area contributed by atoms with Crippen molar-refractivity contribution in [2.24, 2.45) is 39.9 Å². The van der Waals surface area contributed by atoms with Crippen molar-refractivity contribution in [1.29, 1.82) is 0 Å². The van der Waals surface area contributed by atoms with Gasteiger partial charge in [0.1, 0.15) is 18.3 Å². The van der Waals surface area contributed by atoms with Gasteiger partial charge in [-0.05, 0) is 119 Å². The van der Waals surface area contributed by atoms with Crippen LogP contribution < -0.4 is 0 Å². The monoisotopic (exact) mass is 650 g/mol. The number of hydrogen-bond donors (Lipinski definition) is 5. The third-order valence-corrected chi connectivity index (χ3v) is 13.6. The van der Waals surface area contributed by atoms with Crippen LogP contribution >= 0.6 is 0 Å². The van der Waals surface area contributed by atoms with Crippen LogP contribution in [0.3, 0.4) is 0 Å². The fraction of sp³-hybridized carbons (Fsp3) is 0.865. The highest BCUT2D eigenvalue weighted by Gasteiger charge is 2.70. The molecule has 4 fully saturated rings.